The second kappa shape index (κ2) is 3.72. The molecule has 4 rings (SSSR count). The summed E-state index contributed by atoms with van der Waals surface area (Å²) in [5, 5.41) is 9.62. The Labute approximate surface area is 108 Å². The van der Waals surface area contributed by atoms with Crippen molar-refractivity contribution in [3.05, 3.63) is 18.3 Å². The highest BCUT2D eigenvalue weighted by Crippen LogP contribution is 2.21. The van der Waals surface area contributed by atoms with Crippen LogP contribution < -0.4 is 10.9 Å². The smallest absolute Gasteiger partial charge is 0.170 e. The van der Waals surface area contributed by atoms with Crippen molar-refractivity contribution in [1.29, 1.82) is 0 Å². The van der Waals surface area contributed by atoms with Gasteiger partial charge in [-0.25, -0.2) is 19.9 Å². The van der Waals surface area contributed by atoms with Gasteiger partial charge >= 0.3 is 0 Å². The Morgan fingerprint density at radius 3 is 3.00 bits per heavy atom. The maximum Gasteiger partial charge on any atom is 0.170 e. The third kappa shape index (κ3) is 1.53. The fraction of sp³-hybridized carbons (Fsp3) is 0.455. The molecule has 0 bridgehead atoms. The Morgan fingerprint density at radius 2 is 2.21 bits per heavy atom. The van der Waals surface area contributed by atoms with Crippen LogP contribution >= 0.6 is 0 Å². The zero-order valence-corrected chi connectivity index (χ0v) is 10.7. The standard InChI is InChI=1S/C11H14N8/c1-6-3-8(16-15-6)9-14-11-7-4-13-18(2)10(7)12-5-19(11)17-9/h4-6,8,15-16H,3H2,1-2H3. The Kier molecular flexibility index (Phi) is 2.12. The van der Waals surface area contributed by atoms with Crippen molar-refractivity contribution in [3.63, 3.8) is 0 Å². The number of nitrogens with one attached hydrogen (secondary N) is 2. The number of aryl methyl sites for hydroxylation is 1. The molecule has 0 aliphatic carbocycles. The molecule has 4 heterocycles. The van der Waals surface area contributed by atoms with E-state index in [2.05, 4.69) is 37.9 Å². The fourth-order valence-electron chi connectivity index (χ4n) is 2.49. The maximum atomic E-state index is 4.63. The van der Waals surface area contributed by atoms with Gasteiger partial charge in [0.25, 0.3) is 0 Å². The largest absolute Gasteiger partial charge is 0.254 e. The van der Waals surface area contributed by atoms with Crippen LogP contribution in [0.3, 0.4) is 0 Å². The molecule has 8 heteroatoms. The van der Waals surface area contributed by atoms with E-state index in [0.29, 0.717) is 6.04 Å². The van der Waals surface area contributed by atoms with Gasteiger partial charge in [0.05, 0.1) is 17.6 Å². The van der Waals surface area contributed by atoms with Crippen molar-refractivity contribution in [2.45, 2.75) is 25.4 Å². The minimum atomic E-state index is 0.140. The van der Waals surface area contributed by atoms with E-state index in [-0.39, 0.29) is 6.04 Å². The predicted octanol–water partition coefficient (Wildman–Crippen LogP) is -0.0615. The first kappa shape index (κ1) is 10.8. The molecule has 2 N–H and O–H groups in total. The third-order valence-corrected chi connectivity index (χ3v) is 3.49. The molecule has 19 heavy (non-hydrogen) atoms. The van der Waals surface area contributed by atoms with E-state index >= 15 is 0 Å². The van der Waals surface area contributed by atoms with Gasteiger partial charge in [-0.1, -0.05) is 0 Å². The summed E-state index contributed by atoms with van der Waals surface area (Å²) >= 11 is 0. The van der Waals surface area contributed by atoms with Gasteiger partial charge in [-0.15, -0.1) is 5.10 Å². The predicted molar refractivity (Wildman–Crippen MR) is 68.1 cm³/mol. The summed E-state index contributed by atoms with van der Waals surface area (Å²) in [4.78, 5) is 8.98. The van der Waals surface area contributed by atoms with E-state index in [1.807, 2.05) is 7.05 Å². The quantitative estimate of drug-likeness (QED) is 0.636. The lowest BCUT2D eigenvalue weighted by atomic mass is 10.1. The molecule has 1 fully saturated rings. The second-order valence-corrected chi connectivity index (χ2v) is 4.97. The van der Waals surface area contributed by atoms with Gasteiger partial charge in [-0.05, 0) is 13.3 Å². The van der Waals surface area contributed by atoms with Gasteiger partial charge in [-0.3, -0.25) is 10.1 Å². The first-order chi connectivity index (χ1) is 9.22. The average molecular weight is 258 g/mol. The summed E-state index contributed by atoms with van der Waals surface area (Å²) in [6, 6.07) is 0.565. The van der Waals surface area contributed by atoms with E-state index in [1.165, 1.54) is 0 Å². The lowest BCUT2D eigenvalue weighted by Crippen LogP contribution is -2.29. The van der Waals surface area contributed by atoms with Gasteiger partial charge in [0.2, 0.25) is 0 Å². The maximum absolute atomic E-state index is 4.63. The minimum absolute atomic E-state index is 0.140. The number of fused-ring (bicyclic) bond motifs is 3. The Balaban J connectivity index is 1.88. The lowest BCUT2D eigenvalue weighted by molar-refractivity contribution is 0.543. The number of rotatable bonds is 1. The number of aromatic nitrogens is 6. The molecule has 0 radical (unpaired) electrons. The molecule has 3 aromatic rings. The van der Waals surface area contributed by atoms with Gasteiger partial charge in [0.15, 0.2) is 17.1 Å². The van der Waals surface area contributed by atoms with E-state index in [4.69, 9.17) is 0 Å². The molecule has 1 saturated heterocycles. The third-order valence-electron chi connectivity index (χ3n) is 3.49. The molecule has 1 aliphatic heterocycles. The summed E-state index contributed by atoms with van der Waals surface area (Å²) < 4.78 is 3.45. The van der Waals surface area contributed by atoms with Gasteiger partial charge in [-0.2, -0.15) is 5.10 Å². The highest BCUT2D eigenvalue weighted by Gasteiger charge is 2.25. The van der Waals surface area contributed by atoms with Crippen LogP contribution in [0.4, 0.5) is 0 Å². The van der Waals surface area contributed by atoms with Gasteiger partial charge < -0.3 is 0 Å². The minimum Gasteiger partial charge on any atom is -0.254 e. The molecule has 2 atom stereocenters. The van der Waals surface area contributed by atoms with Crippen molar-refractivity contribution in [3.8, 4) is 0 Å². The molecule has 2 unspecified atom stereocenters. The molecular formula is C11H14N8. The van der Waals surface area contributed by atoms with Crippen LogP contribution in [0.15, 0.2) is 12.5 Å². The van der Waals surface area contributed by atoms with Gasteiger partial charge in [0, 0.05) is 13.1 Å². The van der Waals surface area contributed by atoms with Crippen molar-refractivity contribution in [2.24, 2.45) is 7.05 Å². The van der Waals surface area contributed by atoms with Crippen LogP contribution in [0.2, 0.25) is 0 Å². The van der Waals surface area contributed by atoms with Crippen LogP contribution in [0.5, 0.6) is 0 Å². The molecule has 0 amide bonds. The van der Waals surface area contributed by atoms with Crippen molar-refractivity contribution in [1.82, 2.24) is 40.2 Å². The van der Waals surface area contributed by atoms with Crippen molar-refractivity contribution < 1.29 is 0 Å². The van der Waals surface area contributed by atoms with E-state index in [9.17, 15) is 0 Å². The summed E-state index contributed by atoms with van der Waals surface area (Å²) in [6.45, 7) is 2.13. The zero-order valence-electron chi connectivity index (χ0n) is 10.7. The summed E-state index contributed by atoms with van der Waals surface area (Å²) in [5.41, 5.74) is 8.01. The molecule has 3 aromatic heterocycles. The average Bonchev–Trinajstić information content (AvgIpc) is 3.06. The summed E-state index contributed by atoms with van der Waals surface area (Å²) in [5.74, 6) is 0.787. The number of hydrogen-bond donors (Lipinski definition) is 2. The molecule has 1 aliphatic rings. The molecule has 98 valence electrons. The molecule has 8 nitrogen and oxygen atoms in total. The Bertz CT molecular complexity index is 757. The summed E-state index contributed by atoms with van der Waals surface area (Å²) in [7, 11) is 1.87. The van der Waals surface area contributed by atoms with Crippen LogP contribution in [-0.2, 0) is 7.05 Å². The Hall–Kier alpha value is -2.06. The SMILES string of the molecule is CC1CC(c2nc3c4cnn(C)c4ncn3n2)NN1. The first-order valence-electron chi connectivity index (χ1n) is 6.26. The second-order valence-electron chi connectivity index (χ2n) is 4.97. The Morgan fingerprint density at radius 1 is 1.32 bits per heavy atom. The normalized spacial score (nSPS) is 23.7. The van der Waals surface area contributed by atoms with Crippen LogP contribution in [0.1, 0.15) is 25.2 Å². The van der Waals surface area contributed by atoms with E-state index < -0.39 is 0 Å². The zero-order chi connectivity index (χ0) is 13.0. The first-order valence-corrected chi connectivity index (χ1v) is 6.26. The topological polar surface area (TPSA) is 85.0 Å². The highest BCUT2D eigenvalue weighted by atomic mass is 15.4. The lowest BCUT2D eigenvalue weighted by Gasteiger charge is -2.01. The van der Waals surface area contributed by atoms with E-state index in [0.717, 1.165) is 28.9 Å². The summed E-state index contributed by atoms with van der Waals surface area (Å²) in [6.07, 6.45) is 4.43. The monoisotopic (exact) mass is 258 g/mol. The number of nitrogens with zero attached hydrogens (tertiary/aromatic N) is 6. The fourth-order valence-corrected chi connectivity index (χ4v) is 2.49. The van der Waals surface area contributed by atoms with Crippen LogP contribution in [-0.4, -0.2) is 35.4 Å². The van der Waals surface area contributed by atoms with E-state index in [1.54, 1.807) is 21.7 Å². The number of hydrazine groups is 1. The highest BCUT2D eigenvalue weighted by molar-refractivity contribution is 5.88. The molecule has 0 saturated carbocycles. The van der Waals surface area contributed by atoms with Gasteiger partial charge in [0.1, 0.15) is 6.33 Å². The van der Waals surface area contributed by atoms with Crippen molar-refractivity contribution in [2.75, 3.05) is 0 Å². The van der Waals surface area contributed by atoms with Crippen molar-refractivity contribution >= 4 is 16.7 Å². The molecule has 0 spiro atoms. The molecular weight excluding hydrogens is 244 g/mol. The van der Waals surface area contributed by atoms with Crippen LogP contribution in [0, 0.1) is 0 Å². The van der Waals surface area contributed by atoms with Crippen LogP contribution in [0.25, 0.3) is 16.7 Å². The number of hydrogen-bond acceptors (Lipinski definition) is 6. The molecule has 0 aromatic carbocycles.